The van der Waals surface area contributed by atoms with Gasteiger partial charge in [0.25, 0.3) is 10.0 Å². The van der Waals surface area contributed by atoms with Crippen molar-refractivity contribution in [1.29, 1.82) is 0 Å². The van der Waals surface area contributed by atoms with Gasteiger partial charge in [-0.05, 0) is 40.5 Å². The van der Waals surface area contributed by atoms with Crippen LogP contribution in [-0.2, 0) is 23.6 Å². The van der Waals surface area contributed by atoms with Gasteiger partial charge >= 0.3 is 0 Å². The Balaban J connectivity index is 2.35. The molecular formula is C12H15BrN4O2S. The van der Waals surface area contributed by atoms with E-state index in [9.17, 15) is 8.42 Å². The van der Waals surface area contributed by atoms with Crippen LogP contribution in [0.1, 0.15) is 11.3 Å². The third kappa shape index (κ3) is 3.02. The molecule has 0 bridgehead atoms. The average Bonchev–Trinajstić information content (AvgIpc) is 2.75. The summed E-state index contributed by atoms with van der Waals surface area (Å²) < 4.78 is 29.6. The number of pyridine rings is 1. The maximum atomic E-state index is 12.3. The van der Waals surface area contributed by atoms with Crippen LogP contribution in [0.4, 0.5) is 5.82 Å². The molecule has 0 saturated carbocycles. The monoisotopic (exact) mass is 358 g/mol. The average molecular weight is 359 g/mol. The number of rotatable bonds is 4. The van der Waals surface area contributed by atoms with E-state index in [2.05, 4.69) is 25.6 Å². The maximum Gasteiger partial charge on any atom is 0.264 e. The number of nitrogens with one attached hydrogen (secondary N) is 1. The molecule has 0 unspecified atom stereocenters. The molecule has 2 heterocycles. The molecule has 0 aliphatic carbocycles. The normalized spacial score (nSPS) is 11.6. The molecule has 0 radical (unpaired) electrons. The summed E-state index contributed by atoms with van der Waals surface area (Å²) in [7, 11) is -1.91. The number of nitrogens with two attached hydrogens (primary N) is 1. The first-order chi connectivity index (χ1) is 9.33. The summed E-state index contributed by atoms with van der Waals surface area (Å²) in [5.41, 5.74) is 7.02. The van der Waals surface area contributed by atoms with Crippen LogP contribution in [0, 0.1) is 6.92 Å². The zero-order valence-corrected chi connectivity index (χ0v) is 13.5. The first-order valence-electron chi connectivity index (χ1n) is 5.84. The zero-order chi connectivity index (χ0) is 14.9. The second-order valence-corrected chi connectivity index (χ2v) is 7.00. The van der Waals surface area contributed by atoms with Crippen LogP contribution in [0.3, 0.4) is 0 Å². The molecule has 0 amide bonds. The Morgan fingerprint density at radius 1 is 1.45 bits per heavy atom. The van der Waals surface area contributed by atoms with E-state index in [0.29, 0.717) is 5.82 Å². The van der Waals surface area contributed by atoms with Crippen LogP contribution < -0.4 is 10.5 Å². The van der Waals surface area contributed by atoms with Gasteiger partial charge in [-0.1, -0.05) is 0 Å². The lowest BCUT2D eigenvalue weighted by molar-refractivity contribution is 0.601. The first-order valence-corrected chi connectivity index (χ1v) is 8.11. The smallest absolute Gasteiger partial charge is 0.264 e. The molecule has 2 aromatic rings. The lowest BCUT2D eigenvalue weighted by Crippen LogP contribution is -2.14. The lowest BCUT2D eigenvalue weighted by Gasteiger charge is -2.08. The number of halogens is 1. The quantitative estimate of drug-likeness (QED) is 0.870. The van der Waals surface area contributed by atoms with Gasteiger partial charge in [0.05, 0.1) is 0 Å². The number of aryl methyl sites for hydroxylation is 2. The van der Waals surface area contributed by atoms with Gasteiger partial charge in [-0.3, -0.25) is 4.72 Å². The van der Waals surface area contributed by atoms with Gasteiger partial charge in [0, 0.05) is 36.2 Å². The Labute approximate surface area is 126 Å². The van der Waals surface area contributed by atoms with Crippen molar-refractivity contribution >= 4 is 31.8 Å². The van der Waals surface area contributed by atoms with Crippen LogP contribution in [0.25, 0.3) is 0 Å². The van der Waals surface area contributed by atoms with Crippen LogP contribution in [0.2, 0.25) is 0 Å². The molecule has 0 aliphatic heterocycles. The van der Waals surface area contributed by atoms with E-state index >= 15 is 0 Å². The summed E-state index contributed by atoms with van der Waals surface area (Å²) in [6.07, 6.45) is 3.07. The fraction of sp³-hybridized carbons (Fsp3) is 0.250. The molecule has 0 fully saturated rings. The number of anilines is 1. The van der Waals surface area contributed by atoms with E-state index < -0.39 is 10.0 Å². The molecule has 20 heavy (non-hydrogen) atoms. The Hall–Kier alpha value is -1.38. The predicted octanol–water partition coefficient (Wildman–Crippen LogP) is 1.75. The van der Waals surface area contributed by atoms with Gasteiger partial charge in [-0.15, -0.1) is 0 Å². The van der Waals surface area contributed by atoms with Crippen molar-refractivity contribution in [2.45, 2.75) is 18.4 Å². The van der Waals surface area contributed by atoms with E-state index in [-0.39, 0.29) is 11.4 Å². The highest BCUT2D eigenvalue weighted by Crippen LogP contribution is 2.21. The largest absolute Gasteiger partial charge is 0.352 e. The zero-order valence-electron chi connectivity index (χ0n) is 11.1. The molecule has 0 atom stereocenters. The molecule has 2 aromatic heterocycles. The minimum Gasteiger partial charge on any atom is -0.352 e. The Bertz CT molecular complexity index is 740. The number of aromatic nitrogens is 2. The number of sulfonamides is 1. The van der Waals surface area contributed by atoms with Crippen LogP contribution >= 0.6 is 15.9 Å². The standard InChI is InChI=1S/C12H15BrN4O2S/c1-8-3-9(13)6-15-12(8)16-20(18,19)11-4-10(5-14)17(2)7-11/h3-4,6-7H,5,14H2,1-2H3,(H,15,16). The van der Waals surface area contributed by atoms with Crippen molar-refractivity contribution in [2.75, 3.05) is 4.72 Å². The second kappa shape index (κ2) is 5.55. The van der Waals surface area contributed by atoms with E-state index in [1.807, 2.05) is 0 Å². The van der Waals surface area contributed by atoms with E-state index in [1.54, 1.807) is 36.9 Å². The van der Waals surface area contributed by atoms with Gasteiger partial charge < -0.3 is 10.3 Å². The molecule has 0 spiro atoms. The Morgan fingerprint density at radius 2 is 2.15 bits per heavy atom. The highest BCUT2D eigenvalue weighted by molar-refractivity contribution is 9.10. The minimum atomic E-state index is -3.66. The third-order valence-electron chi connectivity index (χ3n) is 2.88. The molecule has 0 aromatic carbocycles. The third-order valence-corrected chi connectivity index (χ3v) is 4.62. The summed E-state index contributed by atoms with van der Waals surface area (Å²) in [5, 5.41) is 0. The topological polar surface area (TPSA) is 90.0 Å². The maximum absolute atomic E-state index is 12.3. The van der Waals surface area contributed by atoms with Gasteiger partial charge in [-0.2, -0.15) is 0 Å². The van der Waals surface area contributed by atoms with Crippen molar-refractivity contribution in [3.05, 3.63) is 40.3 Å². The minimum absolute atomic E-state index is 0.171. The highest BCUT2D eigenvalue weighted by Gasteiger charge is 2.18. The fourth-order valence-electron chi connectivity index (χ4n) is 1.76. The van der Waals surface area contributed by atoms with Crippen LogP contribution in [-0.4, -0.2) is 18.0 Å². The summed E-state index contributed by atoms with van der Waals surface area (Å²) in [4.78, 5) is 4.24. The van der Waals surface area contributed by atoms with E-state index in [4.69, 9.17) is 5.73 Å². The first kappa shape index (κ1) is 15.0. The number of nitrogens with zero attached hydrogens (tertiary/aromatic N) is 2. The van der Waals surface area contributed by atoms with Gasteiger partial charge in [0.2, 0.25) is 0 Å². The molecule has 3 N–H and O–H groups in total. The van der Waals surface area contributed by atoms with Crippen LogP contribution in [0.5, 0.6) is 0 Å². The molecule has 6 nitrogen and oxygen atoms in total. The highest BCUT2D eigenvalue weighted by atomic mass is 79.9. The van der Waals surface area contributed by atoms with Gasteiger partial charge in [0.15, 0.2) is 0 Å². The van der Waals surface area contributed by atoms with Crippen molar-refractivity contribution in [3.8, 4) is 0 Å². The van der Waals surface area contributed by atoms with Crippen molar-refractivity contribution in [3.63, 3.8) is 0 Å². The van der Waals surface area contributed by atoms with Gasteiger partial charge in [0.1, 0.15) is 10.7 Å². The molecule has 0 saturated heterocycles. The predicted molar refractivity (Wildman–Crippen MR) is 80.8 cm³/mol. The number of hydrogen-bond acceptors (Lipinski definition) is 4. The van der Waals surface area contributed by atoms with Gasteiger partial charge in [-0.25, -0.2) is 13.4 Å². The van der Waals surface area contributed by atoms with E-state index in [0.717, 1.165) is 15.7 Å². The summed E-state index contributed by atoms with van der Waals surface area (Å²) >= 11 is 3.29. The summed E-state index contributed by atoms with van der Waals surface area (Å²) in [6, 6.07) is 3.34. The Morgan fingerprint density at radius 3 is 2.70 bits per heavy atom. The molecular weight excluding hydrogens is 344 g/mol. The molecule has 8 heteroatoms. The van der Waals surface area contributed by atoms with Crippen molar-refractivity contribution in [2.24, 2.45) is 12.8 Å². The Kier molecular flexibility index (Phi) is 4.17. The lowest BCUT2D eigenvalue weighted by atomic mass is 10.3. The van der Waals surface area contributed by atoms with Crippen LogP contribution in [0.15, 0.2) is 33.9 Å². The fourth-order valence-corrected chi connectivity index (χ4v) is 3.38. The molecule has 0 aliphatic rings. The second-order valence-electron chi connectivity index (χ2n) is 4.41. The van der Waals surface area contributed by atoms with Crippen molar-refractivity contribution in [1.82, 2.24) is 9.55 Å². The molecule has 2 rings (SSSR count). The van der Waals surface area contributed by atoms with Crippen molar-refractivity contribution < 1.29 is 8.42 Å². The number of hydrogen-bond donors (Lipinski definition) is 2. The summed E-state index contributed by atoms with van der Waals surface area (Å²) in [6.45, 7) is 2.06. The SMILES string of the molecule is Cc1cc(Br)cnc1NS(=O)(=O)c1cc(CN)n(C)c1. The molecule has 108 valence electrons. The van der Waals surface area contributed by atoms with E-state index in [1.165, 1.54) is 6.20 Å². The summed E-state index contributed by atoms with van der Waals surface area (Å²) in [5.74, 6) is 0.311.